The third-order valence-electron chi connectivity index (χ3n) is 3.19. The Bertz CT molecular complexity index is 352. The van der Waals surface area contributed by atoms with Crippen molar-refractivity contribution in [1.82, 2.24) is 0 Å². The molecule has 0 spiro atoms. The van der Waals surface area contributed by atoms with Crippen LogP contribution in [0.3, 0.4) is 0 Å². The standard InChI is InChI=1S/C16H32O4Si4/c1-5-9-13-21-17-22(14-10-6-2)19-24(16-12-8-4)20-23(18-21)15-11-7-3/h9-16,21-24H,5-8H2,1-4H3. The molecule has 0 N–H and O–H groups in total. The molecule has 0 atom stereocenters. The highest BCUT2D eigenvalue weighted by atomic mass is 28.5. The van der Waals surface area contributed by atoms with Gasteiger partial charge in [-0.25, -0.2) is 0 Å². The van der Waals surface area contributed by atoms with Gasteiger partial charge in [0, 0.05) is 0 Å². The lowest BCUT2D eigenvalue weighted by atomic mass is 10.5. The second kappa shape index (κ2) is 13.9. The Balaban J connectivity index is 2.94. The molecule has 0 aromatic heterocycles. The van der Waals surface area contributed by atoms with Gasteiger partial charge in [-0.15, -0.1) is 0 Å². The average Bonchev–Trinajstić information content (AvgIpc) is 2.57. The van der Waals surface area contributed by atoms with Gasteiger partial charge in [0.1, 0.15) is 0 Å². The maximum absolute atomic E-state index is 6.30. The first-order valence-electron chi connectivity index (χ1n) is 9.01. The first kappa shape index (κ1) is 21.7. The Labute approximate surface area is 154 Å². The molecule has 1 saturated heterocycles. The van der Waals surface area contributed by atoms with Crippen LogP contribution in [0.15, 0.2) is 47.1 Å². The molecule has 1 fully saturated rings. The zero-order valence-electron chi connectivity index (χ0n) is 15.4. The number of allylic oxidation sites excluding steroid dienone is 4. The van der Waals surface area contributed by atoms with Crippen LogP contribution >= 0.6 is 0 Å². The van der Waals surface area contributed by atoms with Crippen LogP contribution in [0, 0.1) is 0 Å². The molecule has 136 valence electrons. The van der Waals surface area contributed by atoms with E-state index in [0.29, 0.717) is 0 Å². The molecular weight excluding hydrogens is 369 g/mol. The van der Waals surface area contributed by atoms with E-state index in [1.54, 1.807) is 0 Å². The third kappa shape index (κ3) is 9.23. The molecule has 0 saturated carbocycles. The van der Waals surface area contributed by atoms with E-state index in [1.807, 2.05) is 0 Å². The van der Waals surface area contributed by atoms with E-state index in [2.05, 4.69) is 74.8 Å². The number of rotatable bonds is 8. The maximum atomic E-state index is 6.30. The van der Waals surface area contributed by atoms with Gasteiger partial charge in [0.15, 0.2) is 0 Å². The summed E-state index contributed by atoms with van der Waals surface area (Å²) < 4.78 is 25.2. The lowest BCUT2D eigenvalue weighted by molar-refractivity contribution is 0.306. The van der Waals surface area contributed by atoms with E-state index in [-0.39, 0.29) is 0 Å². The quantitative estimate of drug-likeness (QED) is 0.587. The van der Waals surface area contributed by atoms with Gasteiger partial charge in [-0.3, -0.25) is 0 Å². The van der Waals surface area contributed by atoms with Crippen molar-refractivity contribution in [3.05, 3.63) is 47.1 Å². The van der Waals surface area contributed by atoms with Gasteiger partial charge in [0.05, 0.1) is 0 Å². The van der Waals surface area contributed by atoms with Crippen molar-refractivity contribution in [2.75, 3.05) is 0 Å². The fourth-order valence-corrected chi connectivity index (χ4v) is 14.5. The van der Waals surface area contributed by atoms with E-state index in [9.17, 15) is 0 Å². The van der Waals surface area contributed by atoms with Crippen molar-refractivity contribution in [2.24, 2.45) is 0 Å². The predicted octanol–water partition coefficient (Wildman–Crippen LogP) is 2.97. The summed E-state index contributed by atoms with van der Waals surface area (Å²) in [6.45, 7) is 8.49. The number of hydrogen-bond acceptors (Lipinski definition) is 4. The van der Waals surface area contributed by atoms with Crippen LogP contribution in [0.4, 0.5) is 0 Å². The minimum atomic E-state index is -1.88. The molecule has 1 heterocycles. The summed E-state index contributed by atoms with van der Waals surface area (Å²) >= 11 is 0. The molecule has 0 amide bonds. The van der Waals surface area contributed by atoms with Gasteiger partial charge in [0.25, 0.3) is 0 Å². The minimum Gasteiger partial charge on any atom is -0.414 e. The van der Waals surface area contributed by atoms with Crippen molar-refractivity contribution in [3.63, 3.8) is 0 Å². The summed E-state index contributed by atoms with van der Waals surface area (Å²) in [6.07, 6.45) is 12.5. The van der Waals surface area contributed by atoms with Gasteiger partial charge >= 0.3 is 37.1 Å². The molecular formula is C16H32O4Si4. The van der Waals surface area contributed by atoms with Crippen molar-refractivity contribution >= 4 is 37.1 Å². The lowest BCUT2D eigenvalue weighted by Crippen LogP contribution is -2.47. The Hall–Kier alpha value is -0.332. The molecule has 8 heteroatoms. The molecule has 0 aromatic carbocycles. The van der Waals surface area contributed by atoms with Gasteiger partial charge in [-0.1, -0.05) is 74.8 Å². The molecule has 1 rings (SSSR count). The highest BCUT2D eigenvalue weighted by molar-refractivity contribution is 6.79. The SMILES string of the molecule is CCC=C[SiH]1O[SiH](C=CCC)O[SiH](C=CCC)O[SiH](C=CCC)O1. The summed E-state index contributed by atoms with van der Waals surface area (Å²) in [5, 5.41) is 0. The Kier molecular flexibility index (Phi) is 12.6. The highest BCUT2D eigenvalue weighted by Gasteiger charge is 2.30. The fourth-order valence-electron chi connectivity index (χ4n) is 2.01. The Morgan fingerprint density at radius 1 is 0.458 bits per heavy atom. The highest BCUT2D eigenvalue weighted by Crippen LogP contribution is 2.12. The smallest absolute Gasteiger partial charge is 0.330 e. The molecule has 0 bridgehead atoms. The Morgan fingerprint density at radius 2 is 0.667 bits per heavy atom. The van der Waals surface area contributed by atoms with Crippen LogP contribution in [-0.2, 0) is 16.5 Å². The molecule has 24 heavy (non-hydrogen) atoms. The summed E-state index contributed by atoms with van der Waals surface area (Å²) in [7, 11) is -7.54. The van der Waals surface area contributed by atoms with Crippen LogP contribution in [0.1, 0.15) is 53.4 Å². The fraction of sp³-hybridized carbons (Fsp3) is 0.500. The van der Waals surface area contributed by atoms with Gasteiger partial charge < -0.3 is 16.5 Å². The zero-order chi connectivity index (χ0) is 17.6. The molecule has 1 aliphatic rings. The van der Waals surface area contributed by atoms with Crippen molar-refractivity contribution in [1.29, 1.82) is 0 Å². The summed E-state index contributed by atoms with van der Waals surface area (Å²) in [5.74, 6) is 0. The van der Waals surface area contributed by atoms with Crippen LogP contribution in [-0.4, -0.2) is 37.1 Å². The van der Waals surface area contributed by atoms with Crippen molar-refractivity contribution < 1.29 is 16.5 Å². The first-order chi connectivity index (χ1) is 11.7. The van der Waals surface area contributed by atoms with Gasteiger partial charge in [-0.05, 0) is 25.7 Å². The third-order valence-corrected chi connectivity index (χ3v) is 14.1. The van der Waals surface area contributed by atoms with E-state index in [4.69, 9.17) is 16.5 Å². The second-order valence-corrected chi connectivity index (χ2v) is 14.2. The van der Waals surface area contributed by atoms with Crippen LogP contribution in [0.2, 0.25) is 0 Å². The molecule has 4 nitrogen and oxygen atoms in total. The normalized spacial score (nSPS) is 29.8. The van der Waals surface area contributed by atoms with Crippen LogP contribution < -0.4 is 0 Å². The zero-order valence-corrected chi connectivity index (χ0v) is 20.0. The Morgan fingerprint density at radius 3 is 0.833 bits per heavy atom. The van der Waals surface area contributed by atoms with Gasteiger partial charge in [0.2, 0.25) is 0 Å². The topological polar surface area (TPSA) is 36.9 Å². The number of hydrogen-bond donors (Lipinski definition) is 0. The largest absolute Gasteiger partial charge is 0.414 e. The van der Waals surface area contributed by atoms with Crippen molar-refractivity contribution in [3.8, 4) is 0 Å². The first-order valence-corrected chi connectivity index (χ1v) is 15.5. The van der Waals surface area contributed by atoms with E-state index in [0.717, 1.165) is 25.7 Å². The molecule has 0 unspecified atom stereocenters. The molecule has 0 aromatic rings. The maximum Gasteiger partial charge on any atom is 0.330 e. The molecule has 0 radical (unpaired) electrons. The summed E-state index contributed by atoms with van der Waals surface area (Å²) in [5.41, 5.74) is 8.48. The van der Waals surface area contributed by atoms with Crippen LogP contribution in [0.25, 0.3) is 0 Å². The van der Waals surface area contributed by atoms with Crippen LogP contribution in [0.5, 0.6) is 0 Å². The van der Waals surface area contributed by atoms with E-state index in [1.165, 1.54) is 0 Å². The summed E-state index contributed by atoms with van der Waals surface area (Å²) in [6, 6.07) is 0. The predicted molar refractivity (Wildman–Crippen MR) is 111 cm³/mol. The summed E-state index contributed by atoms with van der Waals surface area (Å²) in [4.78, 5) is 0. The van der Waals surface area contributed by atoms with Gasteiger partial charge in [-0.2, -0.15) is 0 Å². The van der Waals surface area contributed by atoms with E-state index < -0.39 is 37.1 Å². The van der Waals surface area contributed by atoms with E-state index >= 15 is 0 Å². The average molecular weight is 401 g/mol. The second-order valence-electron chi connectivity index (χ2n) is 5.36. The molecule has 0 aliphatic carbocycles. The minimum absolute atomic E-state index is 0.989. The van der Waals surface area contributed by atoms with Crippen molar-refractivity contribution in [2.45, 2.75) is 53.4 Å². The monoisotopic (exact) mass is 400 g/mol. The lowest BCUT2D eigenvalue weighted by Gasteiger charge is -2.30. The molecule has 1 aliphatic heterocycles.